The van der Waals surface area contributed by atoms with Crippen molar-refractivity contribution in [2.75, 3.05) is 5.32 Å². The minimum Gasteiger partial charge on any atom is -0.444 e. The molecule has 0 aliphatic heterocycles. The molecule has 0 radical (unpaired) electrons. The highest BCUT2D eigenvalue weighted by atomic mass is 35.5. The Bertz CT molecular complexity index is 605. The first kappa shape index (κ1) is 13.4. The fourth-order valence-electron chi connectivity index (χ4n) is 1.59. The number of nitrogens with one attached hydrogen (secondary N) is 1. The molecule has 0 bridgehead atoms. The summed E-state index contributed by atoms with van der Waals surface area (Å²) in [6, 6.07) is 4.34. The maximum Gasteiger partial charge on any atom is 0.292 e. The average molecular weight is 282 g/mol. The minimum absolute atomic E-state index is 0.0376. The molecule has 2 rings (SSSR count). The van der Waals surface area contributed by atoms with Crippen molar-refractivity contribution in [1.82, 2.24) is 4.98 Å². The van der Waals surface area contributed by atoms with Crippen LogP contribution in [-0.4, -0.2) is 9.91 Å². The lowest BCUT2D eigenvalue weighted by atomic mass is 10.2. The average Bonchev–Trinajstić information content (AvgIpc) is 2.66. The van der Waals surface area contributed by atoms with Crippen molar-refractivity contribution in [3.8, 4) is 0 Å². The van der Waals surface area contributed by atoms with E-state index in [0.717, 1.165) is 11.5 Å². The first-order valence-corrected chi connectivity index (χ1v) is 5.96. The molecule has 1 aromatic heterocycles. The van der Waals surface area contributed by atoms with E-state index in [-0.39, 0.29) is 12.2 Å². The second kappa shape index (κ2) is 5.27. The molecule has 6 nitrogen and oxygen atoms in total. The van der Waals surface area contributed by atoms with Gasteiger partial charge < -0.3 is 9.73 Å². The largest absolute Gasteiger partial charge is 0.444 e. The van der Waals surface area contributed by atoms with Crippen LogP contribution < -0.4 is 5.32 Å². The van der Waals surface area contributed by atoms with Crippen molar-refractivity contribution in [2.24, 2.45) is 0 Å². The molecule has 1 heterocycles. The van der Waals surface area contributed by atoms with Gasteiger partial charge in [-0.2, -0.15) is 0 Å². The summed E-state index contributed by atoms with van der Waals surface area (Å²) in [7, 11) is 0. The van der Waals surface area contributed by atoms with Gasteiger partial charge in [0.2, 0.25) is 5.89 Å². The number of halogens is 1. The van der Waals surface area contributed by atoms with Crippen LogP contribution in [0.15, 0.2) is 22.6 Å². The van der Waals surface area contributed by atoms with Gasteiger partial charge in [-0.25, -0.2) is 4.98 Å². The van der Waals surface area contributed by atoms with Crippen LogP contribution in [0.1, 0.15) is 17.3 Å². The fourth-order valence-corrected chi connectivity index (χ4v) is 1.77. The first-order valence-electron chi connectivity index (χ1n) is 5.58. The smallest absolute Gasteiger partial charge is 0.292 e. The predicted octanol–water partition coefficient (Wildman–Crippen LogP) is 3.47. The standard InChI is InChI=1S/C12H12ClN3O3/c1-7-8(2)19-12(15-7)6-14-10-5-9(13)3-4-11(10)16(17)18/h3-5,14H,6H2,1-2H3. The van der Waals surface area contributed by atoms with Gasteiger partial charge in [-0.15, -0.1) is 0 Å². The molecule has 2 aromatic rings. The van der Waals surface area contributed by atoms with Crippen LogP contribution in [0.4, 0.5) is 11.4 Å². The predicted molar refractivity (Wildman–Crippen MR) is 71.4 cm³/mol. The van der Waals surface area contributed by atoms with Crippen LogP contribution in [0.3, 0.4) is 0 Å². The first-order chi connectivity index (χ1) is 8.97. The molecule has 0 atom stereocenters. The highest BCUT2D eigenvalue weighted by Gasteiger charge is 2.14. The van der Waals surface area contributed by atoms with Gasteiger partial charge >= 0.3 is 0 Å². The number of oxazole rings is 1. The summed E-state index contributed by atoms with van der Waals surface area (Å²) < 4.78 is 5.39. The summed E-state index contributed by atoms with van der Waals surface area (Å²) in [5.74, 6) is 1.21. The molecule has 0 unspecified atom stereocenters. The summed E-state index contributed by atoms with van der Waals surface area (Å²) in [5.41, 5.74) is 1.10. The SMILES string of the molecule is Cc1nc(CNc2cc(Cl)ccc2[N+](=O)[O-])oc1C. The lowest BCUT2D eigenvalue weighted by molar-refractivity contribution is -0.384. The highest BCUT2D eigenvalue weighted by Crippen LogP contribution is 2.28. The number of nitro groups is 1. The van der Waals surface area contributed by atoms with Crippen molar-refractivity contribution >= 4 is 23.0 Å². The van der Waals surface area contributed by atoms with Crippen LogP contribution in [0, 0.1) is 24.0 Å². The summed E-state index contributed by atoms with van der Waals surface area (Å²) in [6.45, 7) is 3.91. The number of aryl methyl sites for hydroxylation is 2. The lowest BCUT2D eigenvalue weighted by Crippen LogP contribution is -2.03. The second-order valence-corrected chi connectivity index (χ2v) is 4.46. The van der Waals surface area contributed by atoms with Crippen LogP contribution >= 0.6 is 11.6 Å². The van der Waals surface area contributed by atoms with Crippen molar-refractivity contribution in [3.63, 3.8) is 0 Å². The Hall–Kier alpha value is -2.08. The molecule has 1 N–H and O–H groups in total. The quantitative estimate of drug-likeness (QED) is 0.685. The number of rotatable bonds is 4. The van der Waals surface area contributed by atoms with Crippen LogP contribution in [0.2, 0.25) is 5.02 Å². The molecule has 0 fully saturated rings. The summed E-state index contributed by atoms with van der Waals surface area (Å²) >= 11 is 5.83. The molecule has 0 amide bonds. The zero-order chi connectivity index (χ0) is 14.0. The van der Waals surface area contributed by atoms with Gasteiger partial charge in [0.05, 0.1) is 17.2 Å². The number of nitro benzene ring substituents is 1. The van der Waals surface area contributed by atoms with Crippen molar-refractivity contribution in [1.29, 1.82) is 0 Å². The van der Waals surface area contributed by atoms with E-state index in [1.54, 1.807) is 0 Å². The summed E-state index contributed by atoms with van der Waals surface area (Å²) in [5, 5.41) is 14.2. The third-order valence-electron chi connectivity index (χ3n) is 2.66. The van der Waals surface area contributed by atoms with Gasteiger partial charge in [-0.05, 0) is 26.0 Å². The summed E-state index contributed by atoms with van der Waals surface area (Å²) in [6.07, 6.45) is 0. The number of benzene rings is 1. The minimum atomic E-state index is -0.468. The second-order valence-electron chi connectivity index (χ2n) is 4.02. The number of hydrogen-bond acceptors (Lipinski definition) is 5. The molecule has 7 heteroatoms. The topological polar surface area (TPSA) is 81.2 Å². The Labute approximate surface area is 114 Å². The maximum atomic E-state index is 10.9. The summed E-state index contributed by atoms with van der Waals surface area (Å²) in [4.78, 5) is 14.6. The van der Waals surface area contributed by atoms with E-state index >= 15 is 0 Å². The molecular weight excluding hydrogens is 270 g/mol. The van der Waals surface area contributed by atoms with E-state index in [0.29, 0.717) is 16.6 Å². The van der Waals surface area contributed by atoms with E-state index in [9.17, 15) is 10.1 Å². The van der Waals surface area contributed by atoms with Gasteiger partial charge in [-0.3, -0.25) is 10.1 Å². The third-order valence-corrected chi connectivity index (χ3v) is 2.89. The van der Waals surface area contributed by atoms with Crippen LogP contribution in [0.5, 0.6) is 0 Å². The highest BCUT2D eigenvalue weighted by molar-refractivity contribution is 6.31. The van der Waals surface area contributed by atoms with E-state index in [1.165, 1.54) is 18.2 Å². The van der Waals surface area contributed by atoms with Gasteiger partial charge in [0.25, 0.3) is 5.69 Å². The van der Waals surface area contributed by atoms with Gasteiger partial charge in [0, 0.05) is 11.1 Å². The van der Waals surface area contributed by atoms with Crippen molar-refractivity contribution in [2.45, 2.75) is 20.4 Å². The third kappa shape index (κ3) is 3.03. The number of hydrogen-bond donors (Lipinski definition) is 1. The van der Waals surface area contributed by atoms with Crippen LogP contribution in [-0.2, 0) is 6.54 Å². The molecule has 0 aliphatic rings. The van der Waals surface area contributed by atoms with Crippen molar-refractivity contribution < 1.29 is 9.34 Å². The molecule has 0 aliphatic carbocycles. The Morgan fingerprint density at radius 2 is 2.21 bits per heavy atom. The lowest BCUT2D eigenvalue weighted by Gasteiger charge is -2.05. The molecule has 0 spiro atoms. The Morgan fingerprint density at radius 3 is 2.79 bits per heavy atom. The zero-order valence-electron chi connectivity index (χ0n) is 10.4. The normalized spacial score (nSPS) is 10.5. The van der Waals surface area contributed by atoms with Gasteiger partial charge in [-0.1, -0.05) is 11.6 Å². The van der Waals surface area contributed by atoms with Gasteiger partial charge in [0.1, 0.15) is 11.4 Å². The van der Waals surface area contributed by atoms with E-state index in [1.807, 2.05) is 13.8 Å². The molecule has 1 aromatic carbocycles. The number of aromatic nitrogens is 1. The van der Waals surface area contributed by atoms with E-state index in [4.69, 9.17) is 16.0 Å². The Kier molecular flexibility index (Phi) is 3.71. The number of anilines is 1. The van der Waals surface area contributed by atoms with Crippen molar-refractivity contribution in [3.05, 3.63) is 50.7 Å². The zero-order valence-corrected chi connectivity index (χ0v) is 11.2. The molecule has 100 valence electrons. The van der Waals surface area contributed by atoms with E-state index < -0.39 is 4.92 Å². The Morgan fingerprint density at radius 1 is 1.47 bits per heavy atom. The van der Waals surface area contributed by atoms with Gasteiger partial charge in [0.15, 0.2) is 0 Å². The fraction of sp³-hybridized carbons (Fsp3) is 0.250. The molecule has 0 saturated carbocycles. The Balaban J connectivity index is 2.19. The van der Waals surface area contributed by atoms with Crippen LogP contribution in [0.25, 0.3) is 0 Å². The molecule has 0 saturated heterocycles. The number of nitrogens with zero attached hydrogens (tertiary/aromatic N) is 2. The molecular formula is C12H12ClN3O3. The van der Waals surface area contributed by atoms with E-state index in [2.05, 4.69) is 10.3 Å². The molecule has 19 heavy (non-hydrogen) atoms. The monoisotopic (exact) mass is 281 g/mol. The maximum absolute atomic E-state index is 10.9.